The Labute approximate surface area is 100 Å². The Hall–Kier alpha value is -1.62. The van der Waals surface area contributed by atoms with Crippen molar-refractivity contribution < 1.29 is 13.9 Å². The monoisotopic (exact) mass is 240 g/mol. The average molecular weight is 240 g/mol. The van der Waals surface area contributed by atoms with Gasteiger partial charge in [-0.25, -0.2) is 4.39 Å². The zero-order chi connectivity index (χ0) is 13.0. The summed E-state index contributed by atoms with van der Waals surface area (Å²) < 4.78 is 18.6. The first kappa shape index (κ1) is 13.4. The number of methoxy groups -OCH3 is 1. The van der Waals surface area contributed by atoms with Crippen molar-refractivity contribution in [3.05, 3.63) is 29.1 Å². The van der Waals surface area contributed by atoms with Gasteiger partial charge in [-0.15, -0.1) is 0 Å². The Kier molecular flexibility index (Phi) is 4.45. The number of rotatable bonds is 4. The smallest absolute Gasteiger partial charge is 0.256 e. The summed E-state index contributed by atoms with van der Waals surface area (Å²) in [5.74, 6) is -0.914. The van der Waals surface area contributed by atoms with E-state index in [1.165, 1.54) is 17.0 Å². The number of benzene rings is 1. The summed E-state index contributed by atoms with van der Waals surface area (Å²) in [7, 11) is 3.14. The molecule has 0 unspecified atom stereocenters. The van der Waals surface area contributed by atoms with Crippen molar-refractivity contribution in [2.75, 3.05) is 33.0 Å². The van der Waals surface area contributed by atoms with Crippen molar-refractivity contribution in [2.45, 2.75) is 6.92 Å². The molecule has 4 nitrogen and oxygen atoms in total. The Balaban J connectivity index is 2.96. The molecular formula is C12H17FN2O2. The van der Waals surface area contributed by atoms with Crippen LogP contribution in [0.5, 0.6) is 0 Å². The quantitative estimate of drug-likeness (QED) is 0.810. The van der Waals surface area contributed by atoms with Crippen LogP contribution in [0.4, 0.5) is 10.1 Å². The van der Waals surface area contributed by atoms with E-state index in [1.54, 1.807) is 21.1 Å². The van der Waals surface area contributed by atoms with Crippen LogP contribution in [0.1, 0.15) is 15.9 Å². The van der Waals surface area contributed by atoms with E-state index in [9.17, 15) is 9.18 Å². The van der Waals surface area contributed by atoms with E-state index in [4.69, 9.17) is 10.5 Å². The number of carbonyl (C=O) groups excluding carboxylic acids is 1. The molecule has 17 heavy (non-hydrogen) atoms. The number of nitrogens with two attached hydrogens (primary N) is 1. The first-order chi connectivity index (χ1) is 7.97. The molecule has 94 valence electrons. The maximum absolute atomic E-state index is 13.8. The van der Waals surface area contributed by atoms with Gasteiger partial charge in [0.25, 0.3) is 5.91 Å². The van der Waals surface area contributed by atoms with Gasteiger partial charge in [0, 0.05) is 26.4 Å². The number of amides is 1. The zero-order valence-electron chi connectivity index (χ0n) is 10.3. The number of hydrogen-bond donors (Lipinski definition) is 1. The standard InChI is InChI=1S/C12H17FN2O2/c1-8-6-9(14)7-10(11(8)13)12(16)15(2)4-5-17-3/h6-7H,4-5,14H2,1-3H3. The van der Waals surface area contributed by atoms with Crippen LogP contribution in [0.25, 0.3) is 0 Å². The Morgan fingerprint density at radius 1 is 1.53 bits per heavy atom. The number of likely N-dealkylation sites (N-methyl/N-ethyl adjacent to an activating group) is 1. The van der Waals surface area contributed by atoms with Crippen molar-refractivity contribution in [1.29, 1.82) is 0 Å². The molecule has 5 heteroatoms. The summed E-state index contributed by atoms with van der Waals surface area (Å²) >= 11 is 0. The highest BCUT2D eigenvalue weighted by atomic mass is 19.1. The third kappa shape index (κ3) is 3.17. The maximum Gasteiger partial charge on any atom is 0.256 e. The third-order valence-corrected chi connectivity index (χ3v) is 2.48. The van der Waals surface area contributed by atoms with Gasteiger partial charge in [-0.2, -0.15) is 0 Å². The normalized spacial score (nSPS) is 10.4. The van der Waals surface area contributed by atoms with Crippen molar-refractivity contribution in [2.24, 2.45) is 0 Å². The molecule has 0 aromatic heterocycles. The molecule has 0 saturated heterocycles. The fourth-order valence-corrected chi connectivity index (χ4v) is 1.49. The molecular weight excluding hydrogens is 223 g/mol. The fourth-order valence-electron chi connectivity index (χ4n) is 1.49. The number of hydrogen-bond acceptors (Lipinski definition) is 3. The molecule has 0 atom stereocenters. The molecule has 0 radical (unpaired) electrons. The predicted octanol–water partition coefficient (Wildman–Crippen LogP) is 1.43. The van der Waals surface area contributed by atoms with Gasteiger partial charge in [0.1, 0.15) is 5.82 Å². The van der Waals surface area contributed by atoms with Crippen LogP contribution in [0.2, 0.25) is 0 Å². The van der Waals surface area contributed by atoms with Gasteiger partial charge >= 0.3 is 0 Å². The topological polar surface area (TPSA) is 55.6 Å². The number of carbonyl (C=O) groups is 1. The number of nitrogens with zero attached hydrogens (tertiary/aromatic N) is 1. The van der Waals surface area contributed by atoms with Gasteiger partial charge in [-0.1, -0.05) is 0 Å². The second-order valence-corrected chi connectivity index (χ2v) is 3.92. The van der Waals surface area contributed by atoms with Gasteiger partial charge in [-0.05, 0) is 24.6 Å². The van der Waals surface area contributed by atoms with E-state index >= 15 is 0 Å². The number of anilines is 1. The molecule has 0 fully saturated rings. The van der Waals surface area contributed by atoms with E-state index in [-0.39, 0.29) is 5.56 Å². The molecule has 0 heterocycles. The largest absolute Gasteiger partial charge is 0.399 e. The molecule has 0 aliphatic heterocycles. The maximum atomic E-state index is 13.8. The first-order valence-corrected chi connectivity index (χ1v) is 5.27. The molecule has 0 aliphatic carbocycles. The summed E-state index contributed by atoms with van der Waals surface area (Å²) in [6.07, 6.45) is 0. The lowest BCUT2D eigenvalue weighted by Crippen LogP contribution is -2.30. The summed E-state index contributed by atoms with van der Waals surface area (Å²) in [6, 6.07) is 2.86. The van der Waals surface area contributed by atoms with Crippen LogP contribution in [0.15, 0.2) is 12.1 Å². The van der Waals surface area contributed by atoms with E-state index in [1.807, 2.05) is 0 Å². The minimum absolute atomic E-state index is 0.00102. The van der Waals surface area contributed by atoms with Crippen molar-refractivity contribution in [3.8, 4) is 0 Å². The third-order valence-electron chi connectivity index (χ3n) is 2.48. The highest BCUT2D eigenvalue weighted by Crippen LogP contribution is 2.18. The van der Waals surface area contributed by atoms with E-state index < -0.39 is 11.7 Å². The second kappa shape index (κ2) is 5.63. The molecule has 1 rings (SSSR count). The molecule has 0 bridgehead atoms. The number of halogens is 1. The van der Waals surface area contributed by atoms with Crippen LogP contribution in [0, 0.1) is 12.7 Å². The van der Waals surface area contributed by atoms with Crippen LogP contribution < -0.4 is 5.73 Å². The lowest BCUT2D eigenvalue weighted by molar-refractivity contribution is 0.0739. The van der Waals surface area contributed by atoms with Crippen LogP contribution in [-0.4, -0.2) is 38.1 Å². The minimum Gasteiger partial charge on any atom is -0.399 e. The van der Waals surface area contributed by atoms with Crippen LogP contribution in [0.3, 0.4) is 0 Å². The van der Waals surface area contributed by atoms with Crippen molar-refractivity contribution >= 4 is 11.6 Å². The number of aryl methyl sites for hydroxylation is 1. The molecule has 1 amide bonds. The lowest BCUT2D eigenvalue weighted by atomic mass is 10.1. The highest BCUT2D eigenvalue weighted by molar-refractivity contribution is 5.95. The zero-order valence-corrected chi connectivity index (χ0v) is 10.3. The van der Waals surface area contributed by atoms with Gasteiger partial charge in [0.15, 0.2) is 0 Å². The van der Waals surface area contributed by atoms with E-state index in [0.29, 0.717) is 24.4 Å². The van der Waals surface area contributed by atoms with Crippen molar-refractivity contribution in [1.82, 2.24) is 4.90 Å². The number of nitrogen functional groups attached to an aromatic ring is 1. The number of ether oxygens (including phenoxy) is 1. The van der Waals surface area contributed by atoms with Gasteiger partial charge in [-0.3, -0.25) is 4.79 Å². The Morgan fingerprint density at radius 3 is 2.76 bits per heavy atom. The molecule has 1 aromatic rings. The van der Waals surface area contributed by atoms with Crippen molar-refractivity contribution in [3.63, 3.8) is 0 Å². The van der Waals surface area contributed by atoms with E-state index in [0.717, 1.165) is 0 Å². The summed E-state index contributed by atoms with van der Waals surface area (Å²) in [4.78, 5) is 13.4. The Morgan fingerprint density at radius 2 is 2.18 bits per heavy atom. The average Bonchev–Trinajstić information content (AvgIpc) is 2.29. The molecule has 2 N–H and O–H groups in total. The Bertz CT molecular complexity index is 421. The summed E-state index contributed by atoms with van der Waals surface area (Å²) in [5, 5.41) is 0. The molecule has 0 spiro atoms. The van der Waals surface area contributed by atoms with E-state index in [2.05, 4.69) is 0 Å². The molecule has 0 aliphatic rings. The first-order valence-electron chi connectivity index (χ1n) is 5.27. The van der Waals surface area contributed by atoms with Gasteiger partial charge in [0.2, 0.25) is 0 Å². The molecule has 1 aromatic carbocycles. The fraction of sp³-hybridized carbons (Fsp3) is 0.417. The van der Waals surface area contributed by atoms with Gasteiger partial charge < -0.3 is 15.4 Å². The minimum atomic E-state index is -0.520. The van der Waals surface area contributed by atoms with Crippen LogP contribution >= 0.6 is 0 Å². The SMILES string of the molecule is COCCN(C)C(=O)c1cc(N)cc(C)c1F. The molecule has 0 saturated carbocycles. The van der Waals surface area contributed by atoms with Gasteiger partial charge in [0.05, 0.1) is 12.2 Å². The summed E-state index contributed by atoms with van der Waals surface area (Å²) in [5.41, 5.74) is 6.36. The summed E-state index contributed by atoms with van der Waals surface area (Å²) in [6.45, 7) is 2.39. The van der Waals surface area contributed by atoms with Crippen LogP contribution in [-0.2, 0) is 4.74 Å². The second-order valence-electron chi connectivity index (χ2n) is 3.92. The predicted molar refractivity (Wildman–Crippen MR) is 64.4 cm³/mol. The lowest BCUT2D eigenvalue weighted by Gasteiger charge is -2.17. The highest BCUT2D eigenvalue weighted by Gasteiger charge is 2.18.